The van der Waals surface area contributed by atoms with Crippen LogP contribution in [0.25, 0.3) is 0 Å². The van der Waals surface area contributed by atoms with Gasteiger partial charge in [0.1, 0.15) is 23.7 Å². The van der Waals surface area contributed by atoms with Crippen LogP contribution in [0.4, 0.5) is 30.4 Å². The summed E-state index contributed by atoms with van der Waals surface area (Å²) < 4.78 is 45.5. The lowest BCUT2D eigenvalue weighted by Crippen LogP contribution is -2.44. The molecule has 2 N–H and O–H groups in total. The molecule has 1 aliphatic heterocycles. The Bertz CT molecular complexity index is 978. The normalized spacial score (nSPS) is 22.5. The molecule has 1 saturated carbocycles. The predicted octanol–water partition coefficient (Wildman–Crippen LogP) is 4.63. The number of pyridine rings is 1. The minimum atomic E-state index is -1.50. The number of aromatic nitrogens is 1. The Kier molecular flexibility index (Phi) is 6.33. The summed E-state index contributed by atoms with van der Waals surface area (Å²) in [5.74, 6) is -3.44. The molecule has 1 aliphatic carbocycles. The summed E-state index contributed by atoms with van der Waals surface area (Å²) in [6.07, 6.45) is 1.85. The van der Waals surface area contributed by atoms with Crippen molar-refractivity contribution in [2.45, 2.75) is 58.7 Å². The number of likely N-dealkylation sites (N-methyl/N-ethyl adjacent to an activating group) is 1. The van der Waals surface area contributed by atoms with Gasteiger partial charge < -0.3 is 20.3 Å². The molecule has 2 aliphatic rings. The average Bonchev–Trinajstić information content (AvgIpc) is 3.12. The van der Waals surface area contributed by atoms with Crippen molar-refractivity contribution in [1.82, 2.24) is 4.98 Å². The molecule has 1 aromatic heterocycles. The summed E-state index contributed by atoms with van der Waals surface area (Å²) in [6, 6.07) is 3.40. The van der Waals surface area contributed by atoms with Crippen LogP contribution >= 0.6 is 0 Å². The number of hydrogen-bond donors (Lipinski definition) is 2. The summed E-state index contributed by atoms with van der Waals surface area (Å²) >= 11 is 0. The molecule has 9 heteroatoms. The lowest BCUT2D eigenvalue weighted by molar-refractivity contribution is -0.117. The van der Waals surface area contributed by atoms with E-state index in [0.717, 1.165) is 24.2 Å². The van der Waals surface area contributed by atoms with E-state index < -0.39 is 17.5 Å². The third-order valence-electron chi connectivity index (χ3n) is 5.76. The van der Waals surface area contributed by atoms with Gasteiger partial charge in [0.25, 0.3) is 0 Å². The number of amides is 1. The van der Waals surface area contributed by atoms with Crippen LogP contribution in [0.1, 0.15) is 39.3 Å². The molecular formula is C22H27F3N4O2. The molecule has 3 atom stereocenters. The number of ether oxygens (including phenoxy) is 1. The number of nitrogens with one attached hydrogen (secondary N) is 2. The molecule has 31 heavy (non-hydrogen) atoms. The molecule has 0 spiro atoms. The Morgan fingerprint density at radius 3 is 2.55 bits per heavy atom. The minimum absolute atomic E-state index is 0. The molecule has 2 aromatic rings. The molecule has 6 nitrogen and oxygen atoms in total. The molecule has 1 fully saturated rings. The maximum atomic E-state index is 13.4. The highest BCUT2D eigenvalue weighted by atomic mass is 19.2. The highest BCUT2D eigenvalue weighted by Crippen LogP contribution is 2.36. The van der Waals surface area contributed by atoms with Gasteiger partial charge in [-0.25, -0.2) is 18.2 Å². The second kappa shape index (κ2) is 8.64. The first-order chi connectivity index (χ1) is 14.2. The maximum Gasteiger partial charge on any atom is 0.246 e. The predicted molar refractivity (Wildman–Crippen MR) is 114 cm³/mol. The number of fused-ring (bicyclic) bond motifs is 1. The molecule has 2 heterocycles. The van der Waals surface area contributed by atoms with Crippen molar-refractivity contribution in [2.24, 2.45) is 0 Å². The van der Waals surface area contributed by atoms with E-state index in [1.165, 1.54) is 0 Å². The smallest absolute Gasteiger partial charge is 0.246 e. The number of rotatable bonds is 4. The summed E-state index contributed by atoms with van der Waals surface area (Å²) in [7, 11) is 1.87. The van der Waals surface area contributed by atoms with Gasteiger partial charge >= 0.3 is 0 Å². The lowest BCUT2D eigenvalue weighted by Gasteiger charge is -2.34. The van der Waals surface area contributed by atoms with Crippen molar-refractivity contribution in [1.29, 1.82) is 0 Å². The number of aryl methyl sites for hydroxylation is 1. The first kappa shape index (κ1) is 22.7. The van der Waals surface area contributed by atoms with E-state index in [2.05, 4.69) is 15.6 Å². The van der Waals surface area contributed by atoms with Crippen LogP contribution in [0.5, 0.6) is 5.75 Å². The number of carbonyl (C=O) groups excluding carboxylic acids is 1. The molecule has 2 unspecified atom stereocenters. The Labute approximate surface area is 179 Å². The van der Waals surface area contributed by atoms with Crippen LogP contribution in [0.15, 0.2) is 18.2 Å². The molecular weight excluding hydrogens is 409 g/mol. The van der Waals surface area contributed by atoms with Crippen LogP contribution in [-0.4, -0.2) is 36.1 Å². The molecule has 1 aromatic carbocycles. The van der Waals surface area contributed by atoms with E-state index >= 15 is 0 Å². The van der Waals surface area contributed by atoms with Crippen LogP contribution in [0, 0.1) is 24.4 Å². The van der Waals surface area contributed by atoms with Crippen molar-refractivity contribution in [3.05, 3.63) is 41.3 Å². The molecule has 1 amide bonds. The number of carbonyl (C=O) groups is 1. The van der Waals surface area contributed by atoms with Gasteiger partial charge in [0.05, 0.1) is 17.1 Å². The van der Waals surface area contributed by atoms with E-state index in [1.807, 2.05) is 31.9 Å². The van der Waals surface area contributed by atoms with Gasteiger partial charge in [-0.15, -0.1) is 0 Å². The summed E-state index contributed by atoms with van der Waals surface area (Å²) in [5, 5.41) is 6.29. The molecule has 0 radical (unpaired) electrons. The maximum absolute atomic E-state index is 13.4. The first-order valence-corrected chi connectivity index (χ1v) is 9.86. The van der Waals surface area contributed by atoms with Gasteiger partial charge in [-0.2, -0.15) is 0 Å². The number of hydrogen-bond acceptors (Lipinski definition) is 5. The highest BCUT2D eigenvalue weighted by molar-refractivity contribution is 6.04. The molecule has 0 saturated heterocycles. The van der Waals surface area contributed by atoms with E-state index in [1.54, 1.807) is 0 Å². The van der Waals surface area contributed by atoms with Gasteiger partial charge in [0.15, 0.2) is 17.5 Å². The zero-order valence-electron chi connectivity index (χ0n) is 16.9. The van der Waals surface area contributed by atoms with Crippen molar-refractivity contribution in [3.8, 4) is 5.75 Å². The largest absolute Gasteiger partial charge is 0.490 e. The van der Waals surface area contributed by atoms with E-state index in [0.29, 0.717) is 30.0 Å². The fraction of sp³-hybridized carbons (Fsp3) is 0.455. The van der Waals surface area contributed by atoms with Gasteiger partial charge in [-0.05, 0) is 26.7 Å². The topological polar surface area (TPSA) is 66.5 Å². The summed E-state index contributed by atoms with van der Waals surface area (Å²) in [6.45, 7) is 3.67. The Morgan fingerprint density at radius 2 is 1.87 bits per heavy atom. The van der Waals surface area contributed by atoms with Crippen molar-refractivity contribution < 1.29 is 22.7 Å². The van der Waals surface area contributed by atoms with E-state index in [9.17, 15) is 18.0 Å². The van der Waals surface area contributed by atoms with Crippen LogP contribution in [-0.2, 0) is 4.79 Å². The van der Waals surface area contributed by atoms with Crippen molar-refractivity contribution >= 4 is 23.1 Å². The number of nitrogens with zero attached hydrogens (tertiary/aromatic N) is 2. The Balaban J connectivity index is 0.00000272. The van der Waals surface area contributed by atoms with Gasteiger partial charge in [-0.1, -0.05) is 7.43 Å². The molecule has 168 valence electrons. The van der Waals surface area contributed by atoms with Gasteiger partial charge in [0, 0.05) is 37.7 Å². The number of anilines is 3. The molecule has 4 rings (SSSR count). The number of halogens is 3. The fourth-order valence-corrected chi connectivity index (χ4v) is 3.95. The summed E-state index contributed by atoms with van der Waals surface area (Å²) in [5.41, 5.74) is 2.31. The molecule has 0 bridgehead atoms. The second-order valence-electron chi connectivity index (χ2n) is 7.86. The van der Waals surface area contributed by atoms with Crippen molar-refractivity contribution in [2.75, 3.05) is 22.6 Å². The van der Waals surface area contributed by atoms with E-state index in [-0.39, 0.29) is 37.3 Å². The zero-order chi connectivity index (χ0) is 21.6. The van der Waals surface area contributed by atoms with E-state index in [4.69, 9.17) is 4.74 Å². The lowest BCUT2D eigenvalue weighted by atomic mass is 10.1. The fourth-order valence-electron chi connectivity index (χ4n) is 3.95. The zero-order valence-corrected chi connectivity index (χ0v) is 16.9. The second-order valence-corrected chi connectivity index (χ2v) is 7.86. The number of benzene rings is 1. The highest BCUT2D eigenvalue weighted by Gasteiger charge is 2.30. The minimum Gasteiger partial charge on any atom is -0.490 e. The standard InChI is InChI=1S/C21H23F3N4O2.CH4/c1-10-20-17(28(3)11(2)21(29)27-20)9-18(25-10)26-12-4-5-13(6-12)30-14-7-15(22)19(24)16(23)8-14;/h7-9,11-13H,4-6H2,1-3H3,(H,25,26)(H,27,29);1H4/t11-,12?,13?;/m0./s1. The quantitative estimate of drug-likeness (QED) is 0.684. The summed E-state index contributed by atoms with van der Waals surface area (Å²) in [4.78, 5) is 18.5. The SMILES string of the molecule is C.Cc1nc(NC2CCC(Oc3cc(F)c(F)c(F)c3)C2)cc2c1NC(=O)[C@H](C)N2C. The Morgan fingerprint density at radius 1 is 1.19 bits per heavy atom. The Hall–Kier alpha value is -2.97. The van der Waals surface area contributed by atoms with Gasteiger partial charge in [-0.3, -0.25) is 4.79 Å². The van der Waals surface area contributed by atoms with Crippen LogP contribution in [0.2, 0.25) is 0 Å². The average molecular weight is 436 g/mol. The van der Waals surface area contributed by atoms with Gasteiger partial charge in [0.2, 0.25) is 5.91 Å². The monoisotopic (exact) mass is 436 g/mol. The van der Waals surface area contributed by atoms with Crippen molar-refractivity contribution in [3.63, 3.8) is 0 Å². The first-order valence-electron chi connectivity index (χ1n) is 9.86. The van der Waals surface area contributed by atoms with Crippen LogP contribution in [0.3, 0.4) is 0 Å². The third-order valence-corrected chi connectivity index (χ3v) is 5.76. The third kappa shape index (κ3) is 4.40. The van der Waals surface area contributed by atoms with Crippen LogP contribution < -0.4 is 20.3 Å².